The molecule has 4 nitrogen and oxygen atoms in total. The Morgan fingerprint density at radius 3 is 2.31 bits per heavy atom. The molecule has 3 rings (SSSR count). The van der Waals surface area contributed by atoms with Crippen molar-refractivity contribution in [3.8, 4) is 0 Å². The highest BCUT2D eigenvalue weighted by Crippen LogP contribution is 2.33. The third kappa shape index (κ3) is 4.27. The van der Waals surface area contributed by atoms with Crippen molar-refractivity contribution in [1.29, 1.82) is 0 Å². The average Bonchev–Trinajstić information content (AvgIpc) is 2.61. The predicted molar refractivity (Wildman–Crippen MR) is 96.5 cm³/mol. The van der Waals surface area contributed by atoms with Crippen LogP contribution in [0.25, 0.3) is 0 Å². The number of hydrazone groups is 1. The van der Waals surface area contributed by atoms with E-state index in [0.717, 1.165) is 17.3 Å². The molecule has 1 N–H and O–H groups in total. The average molecular weight is 378 g/mol. The van der Waals surface area contributed by atoms with Crippen LogP contribution >= 0.6 is 0 Å². The molecule has 0 radical (unpaired) electrons. The Labute approximate surface area is 152 Å². The topological polar surface area (TPSA) is 58.5 Å². The van der Waals surface area contributed by atoms with E-state index < -0.39 is 21.7 Å². The van der Waals surface area contributed by atoms with Gasteiger partial charge in [-0.1, -0.05) is 23.8 Å². The van der Waals surface area contributed by atoms with Crippen molar-refractivity contribution in [3.63, 3.8) is 0 Å². The van der Waals surface area contributed by atoms with Crippen molar-refractivity contribution < 1.29 is 17.2 Å². The first-order valence-corrected chi connectivity index (χ1v) is 9.92. The van der Waals surface area contributed by atoms with Gasteiger partial charge in [0.25, 0.3) is 10.0 Å². The Bertz CT molecular complexity index is 915. The molecule has 0 bridgehead atoms. The molecule has 0 amide bonds. The molecule has 2 aromatic carbocycles. The normalized spacial score (nSPS) is 17.8. The second kappa shape index (κ2) is 7.53. The lowest BCUT2D eigenvalue weighted by Gasteiger charge is -2.23. The first kappa shape index (κ1) is 18.5. The summed E-state index contributed by atoms with van der Waals surface area (Å²) in [5.74, 6) is -1.13. The Kier molecular flexibility index (Phi) is 5.36. The van der Waals surface area contributed by atoms with E-state index in [1.807, 2.05) is 6.92 Å². The van der Waals surface area contributed by atoms with Crippen molar-refractivity contribution in [3.05, 3.63) is 65.2 Å². The number of rotatable bonds is 4. The van der Waals surface area contributed by atoms with Crippen LogP contribution in [-0.4, -0.2) is 14.1 Å². The standard InChI is InChI=1S/C19H20F2N2O2S/c1-13-2-9-17(10-3-13)26(24,25)23-22-16-7-4-14(5-8-16)18-11-6-15(20)12-19(18)21/h2-3,6,9-12,14,23H,4-5,7-8H2,1H3. The second-order valence-corrected chi connectivity index (χ2v) is 8.19. The molecule has 0 aliphatic heterocycles. The number of nitrogens with zero attached hydrogens (tertiary/aromatic N) is 1. The van der Waals surface area contributed by atoms with E-state index in [1.54, 1.807) is 12.1 Å². The fourth-order valence-corrected chi connectivity index (χ4v) is 3.95. The summed E-state index contributed by atoms with van der Waals surface area (Å²) in [7, 11) is -3.69. The Morgan fingerprint density at radius 1 is 1.04 bits per heavy atom. The highest BCUT2D eigenvalue weighted by atomic mass is 32.2. The number of aryl methyl sites for hydroxylation is 1. The summed E-state index contributed by atoms with van der Waals surface area (Å²) in [6, 6.07) is 10.2. The lowest BCUT2D eigenvalue weighted by molar-refractivity contribution is 0.511. The number of halogens is 2. The van der Waals surface area contributed by atoms with Crippen molar-refractivity contribution in [1.82, 2.24) is 4.83 Å². The lowest BCUT2D eigenvalue weighted by atomic mass is 9.83. The molecule has 0 heterocycles. The van der Waals surface area contributed by atoms with Gasteiger partial charge in [0.1, 0.15) is 11.6 Å². The lowest BCUT2D eigenvalue weighted by Crippen LogP contribution is -2.22. The van der Waals surface area contributed by atoms with E-state index >= 15 is 0 Å². The molecule has 1 fully saturated rings. The summed E-state index contributed by atoms with van der Waals surface area (Å²) in [6.45, 7) is 1.88. The molecule has 0 aromatic heterocycles. The van der Waals surface area contributed by atoms with Gasteiger partial charge in [-0.15, -0.1) is 0 Å². The van der Waals surface area contributed by atoms with Gasteiger partial charge in [-0.2, -0.15) is 13.5 Å². The Balaban J connectivity index is 1.63. The van der Waals surface area contributed by atoms with Crippen molar-refractivity contribution >= 4 is 15.7 Å². The van der Waals surface area contributed by atoms with E-state index in [2.05, 4.69) is 9.93 Å². The quantitative estimate of drug-likeness (QED) is 0.808. The van der Waals surface area contributed by atoms with Crippen LogP contribution in [0.4, 0.5) is 8.78 Å². The van der Waals surface area contributed by atoms with Gasteiger partial charge in [-0.05, 0) is 62.3 Å². The summed E-state index contributed by atoms with van der Waals surface area (Å²) in [5, 5.41) is 4.04. The summed E-state index contributed by atoms with van der Waals surface area (Å²) >= 11 is 0. The highest BCUT2D eigenvalue weighted by molar-refractivity contribution is 7.89. The van der Waals surface area contributed by atoms with Gasteiger partial charge in [0.2, 0.25) is 0 Å². The Hall–Kier alpha value is -2.28. The molecule has 2 aromatic rings. The summed E-state index contributed by atoms with van der Waals surface area (Å²) < 4.78 is 51.4. The van der Waals surface area contributed by atoms with Crippen molar-refractivity contribution in [2.75, 3.05) is 0 Å². The number of hydrogen-bond donors (Lipinski definition) is 1. The molecule has 26 heavy (non-hydrogen) atoms. The monoisotopic (exact) mass is 378 g/mol. The maximum Gasteiger partial charge on any atom is 0.276 e. The minimum atomic E-state index is -3.69. The maximum absolute atomic E-state index is 13.9. The minimum Gasteiger partial charge on any atom is -0.207 e. The molecule has 138 valence electrons. The van der Waals surface area contributed by atoms with Crippen LogP contribution in [0.5, 0.6) is 0 Å². The van der Waals surface area contributed by atoms with E-state index in [9.17, 15) is 17.2 Å². The van der Waals surface area contributed by atoms with Gasteiger partial charge in [-0.25, -0.2) is 13.6 Å². The second-order valence-electron chi connectivity index (χ2n) is 6.53. The van der Waals surface area contributed by atoms with Crippen LogP contribution < -0.4 is 4.83 Å². The zero-order valence-corrected chi connectivity index (χ0v) is 15.2. The number of sulfonamides is 1. The van der Waals surface area contributed by atoms with Crippen LogP contribution in [0.1, 0.15) is 42.7 Å². The smallest absolute Gasteiger partial charge is 0.207 e. The molecule has 0 unspecified atom stereocenters. The molecule has 0 spiro atoms. The zero-order chi connectivity index (χ0) is 18.7. The van der Waals surface area contributed by atoms with E-state index in [-0.39, 0.29) is 10.8 Å². The number of hydrogen-bond acceptors (Lipinski definition) is 3. The predicted octanol–water partition coefficient (Wildman–Crippen LogP) is 4.27. The molecule has 1 aliphatic rings. The maximum atomic E-state index is 13.9. The third-order valence-electron chi connectivity index (χ3n) is 4.62. The van der Waals surface area contributed by atoms with Gasteiger partial charge >= 0.3 is 0 Å². The van der Waals surface area contributed by atoms with Gasteiger partial charge in [0, 0.05) is 11.8 Å². The number of benzene rings is 2. The van der Waals surface area contributed by atoms with Crippen LogP contribution in [0.3, 0.4) is 0 Å². The Morgan fingerprint density at radius 2 is 1.69 bits per heavy atom. The summed E-state index contributed by atoms with van der Waals surface area (Å²) in [5.41, 5.74) is 2.21. The van der Waals surface area contributed by atoms with Gasteiger partial charge in [-0.3, -0.25) is 0 Å². The van der Waals surface area contributed by atoms with Crippen molar-refractivity contribution in [2.45, 2.75) is 43.4 Å². The third-order valence-corrected chi connectivity index (χ3v) is 5.84. The van der Waals surface area contributed by atoms with Crippen LogP contribution in [-0.2, 0) is 10.0 Å². The fourth-order valence-electron chi connectivity index (χ4n) is 3.10. The van der Waals surface area contributed by atoms with Gasteiger partial charge in [0.15, 0.2) is 0 Å². The summed E-state index contributed by atoms with van der Waals surface area (Å²) in [4.78, 5) is 2.44. The minimum absolute atomic E-state index is 0.0109. The molecular formula is C19H20F2N2O2S. The summed E-state index contributed by atoms with van der Waals surface area (Å²) in [6.07, 6.45) is 2.43. The molecule has 1 saturated carbocycles. The van der Waals surface area contributed by atoms with Crippen LogP contribution in [0, 0.1) is 18.6 Å². The largest absolute Gasteiger partial charge is 0.276 e. The molecular weight excluding hydrogens is 358 g/mol. The zero-order valence-electron chi connectivity index (χ0n) is 14.4. The van der Waals surface area contributed by atoms with E-state index in [0.29, 0.717) is 31.2 Å². The van der Waals surface area contributed by atoms with E-state index in [1.165, 1.54) is 24.3 Å². The van der Waals surface area contributed by atoms with E-state index in [4.69, 9.17) is 0 Å². The first-order chi connectivity index (χ1) is 12.3. The van der Waals surface area contributed by atoms with Crippen LogP contribution in [0.2, 0.25) is 0 Å². The molecule has 1 aliphatic carbocycles. The molecule has 0 saturated heterocycles. The highest BCUT2D eigenvalue weighted by Gasteiger charge is 2.23. The fraction of sp³-hybridized carbons (Fsp3) is 0.316. The molecule has 7 heteroatoms. The SMILES string of the molecule is Cc1ccc(S(=O)(=O)NN=C2CCC(c3ccc(F)cc3F)CC2)cc1. The van der Waals surface area contributed by atoms with Gasteiger partial charge < -0.3 is 0 Å². The molecule has 0 atom stereocenters. The van der Waals surface area contributed by atoms with Crippen molar-refractivity contribution in [2.24, 2.45) is 5.10 Å². The first-order valence-electron chi connectivity index (χ1n) is 8.44. The number of nitrogens with one attached hydrogen (secondary N) is 1. The van der Waals surface area contributed by atoms with Gasteiger partial charge in [0.05, 0.1) is 4.90 Å². The van der Waals surface area contributed by atoms with Crippen LogP contribution in [0.15, 0.2) is 52.5 Å².